The standard InChI is InChI=1S/C14H19FN2O2/c1-2-19-14(18)16-11-6-7-13(12(15)10-11)17-8-4-3-5-9-17/h6-7,10H,2-5,8-9H2,1H3,(H,16,18). The van der Waals surface area contributed by atoms with Gasteiger partial charge in [0, 0.05) is 18.8 Å². The van der Waals surface area contributed by atoms with Crippen molar-refractivity contribution in [3.05, 3.63) is 24.0 Å². The molecule has 1 aromatic rings. The molecule has 1 aliphatic rings. The van der Waals surface area contributed by atoms with Crippen LogP contribution in [0.1, 0.15) is 26.2 Å². The molecule has 0 saturated carbocycles. The van der Waals surface area contributed by atoms with Gasteiger partial charge >= 0.3 is 6.09 Å². The first-order chi connectivity index (χ1) is 9.20. The lowest BCUT2D eigenvalue weighted by Crippen LogP contribution is -2.30. The first-order valence-electron chi connectivity index (χ1n) is 6.69. The van der Waals surface area contributed by atoms with E-state index in [0.717, 1.165) is 25.9 Å². The van der Waals surface area contributed by atoms with Crippen molar-refractivity contribution in [3.63, 3.8) is 0 Å². The normalized spacial score (nSPS) is 15.2. The molecule has 0 aliphatic carbocycles. The lowest BCUT2D eigenvalue weighted by Gasteiger charge is -2.29. The van der Waals surface area contributed by atoms with Crippen LogP contribution in [0.25, 0.3) is 0 Å². The molecule has 1 aliphatic heterocycles. The first-order valence-corrected chi connectivity index (χ1v) is 6.69. The van der Waals surface area contributed by atoms with E-state index in [2.05, 4.69) is 5.32 Å². The van der Waals surface area contributed by atoms with Gasteiger partial charge in [0.1, 0.15) is 5.82 Å². The molecule has 1 amide bonds. The maximum atomic E-state index is 14.0. The summed E-state index contributed by atoms with van der Waals surface area (Å²) in [6, 6.07) is 4.74. The third kappa shape index (κ3) is 3.59. The van der Waals surface area contributed by atoms with Gasteiger partial charge in [-0.1, -0.05) is 0 Å². The number of hydrogen-bond acceptors (Lipinski definition) is 3. The summed E-state index contributed by atoms with van der Waals surface area (Å²) in [6.45, 7) is 3.79. The number of carbonyl (C=O) groups excluding carboxylic acids is 1. The van der Waals surface area contributed by atoms with Gasteiger partial charge in [0.25, 0.3) is 0 Å². The summed E-state index contributed by atoms with van der Waals surface area (Å²) in [5.41, 5.74) is 1.02. The summed E-state index contributed by atoms with van der Waals surface area (Å²) in [4.78, 5) is 13.3. The van der Waals surface area contributed by atoms with Crippen LogP contribution < -0.4 is 10.2 Å². The Balaban J connectivity index is 2.06. The fourth-order valence-electron chi connectivity index (χ4n) is 2.26. The average Bonchev–Trinajstić information content (AvgIpc) is 2.40. The van der Waals surface area contributed by atoms with E-state index >= 15 is 0 Å². The molecule has 2 rings (SSSR count). The molecule has 5 heteroatoms. The van der Waals surface area contributed by atoms with Gasteiger partial charge in [0.15, 0.2) is 0 Å². The molecule has 19 heavy (non-hydrogen) atoms. The van der Waals surface area contributed by atoms with Gasteiger partial charge in [-0.05, 0) is 44.4 Å². The number of piperidine rings is 1. The summed E-state index contributed by atoms with van der Waals surface area (Å²) in [5, 5.41) is 2.49. The van der Waals surface area contributed by atoms with Crippen molar-refractivity contribution in [1.82, 2.24) is 0 Å². The zero-order valence-corrected chi connectivity index (χ0v) is 11.1. The summed E-state index contributed by atoms with van der Waals surface area (Å²) in [6.07, 6.45) is 2.85. The van der Waals surface area contributed by atoms with E-state index in [-0.39, 0.29) is 5.82 Å². The predicted molar refractivity (Wildman–Crippen MR) is 73.1 cm³/mol. The minimum absolute atomic E-state index is 0.292. The van der Waals surface area contributed by atoms with Crippen LogP contribution in [0.15, 0.2) is 18.2 Å². The Bertz CT molecular complexity index is 445. The largest absolute Gasteiger partial charge is 0.450 e. The van der Waals surface area contributed by atoms with Gasteiger partial charge in [0.2, 0.25) is 0 Å². The van der Waals surface area contributed by atoms with Crippen molar-refractivity contribution in [2.75, 3.05) is 29.9 Å². The summed E-state index contributed by atoms with van der Waals surface area (Å²) >= 11 is 0. The Morgan fingerprint density at radius 2 is 2.11 bits per heavy atom. The van der Waals surface area contributed by atoms with Crippen LogP contribution in [0.3, 0.4) is 0 Å². The maximum Gasteiger partial charge on any atom is 0.411 e. The number of halogens is 1. The molecule has 1 heterocycles. The number of hydrogen-bond donors (Lipinski definition) is 1. The maximum absolute atomic E-state index is 14.0. The number of nitrogens with zero attached hydrogens (tertiary/aromatic N) is 1. The SMILES string of the molecule is CCOC(=O)Nc1ccc(N2CCCCC2)c(F)c1. The highest BCUT2D eigenvalue weighted by Gasteiger charge is 2.15. The van der Waals surface area contributed by atoms with Crippen LogP contribution in [-0.2, 0) is 4.74 Å². The monoisotopic (exact) mass is 266 g/mol. The van der Waals surface area contributed by atoms with E-state index in [1.807, 2.05) is 4.90 Å². The molecule has 0 unspecified atom stereocenters. The third-order valence-electron chi connectivity index (χ3n) is 3.17. The van der Waals surface area contributed by atoms with Gasteiger partial charge in [-0.25, -0.2) is 9.18 Å². The molecule has 1 N–H and O–H groups in total. The smallest absolute Gasteiger partial charge is 0.411 e. The molecule has 1 saturated heterocycles. The second-order valence-electron chi connectivity index (χ2n) is 4.56. The third-order valence-corrected chi connectivity index (χ3v) is 3.17. The summed E-state index contributed by atoms with van der Waals surface area (Å²) in [7, 11) is 0. The lowest BCUT2D eigenvalue weighted by molar-refractivity contribution is 0.168. The van der Waals surface area contributed by atoms with Crippen molar-refractivity contribution in [2.24, 2.45) is 0 Å². The molecule has 0 aromatic heterocycles. The molecular formula is C14H19FN2O2. The van der Waals surface area contributed by atoms with E-state index in [1.54, 1.807) is 19.1 Å². The van der Waals surface area contributed by atoms with Gasteiger partial charge in [-0.3, -0.25) is 5.32 Å². The van der Waals surface area contributed by atoms with Gasteiger partial charge in [0.05, 0.1) is 12.3 Å². The van der Waals surface area contributed by atoms with Crippen molar-refractivity contribution < 1.29 is 13.9 Å². The summed E-state index contributed by atoms with van der Waals surface area (Å²) in [5.74, 6) is -0.309. The van der Waals surface area contributed by atoms with E-state index < -0.39 is 6.09 Å². The zero-order valence-electron chi connectivity index (χ0n) is 11.1. The van der Waals surface area contributed by atoms with Gasteiger partial charge in [-0.15, -0.1) is 0 Å². The van der Waals surface area contributed by atoms with Crippen LogP contribution in [-0.4, -0.2) is 25.8 Å². The number of ether oxygens (including phenoxy) is 1. The predicted octanol–water partition coefficient (Wildman–Crippen LogP) is 3.38. The van der Waals surface area contributed by atoms with Crippen LogP contribution in [0, 0.1) is 5.82 Å². The highest BCUT2D eigenvalue weighted by Crippen LogP contribution is 2.25. The van der Waals surface area contributed by atoms with Crippen molar-refractivity contribution in [2.45, 2.75) is 26.2 Å². The number of rotatable bonds is 3. The van der Waals surface area contributed by atoms with Crippen LogP contribution in [0.4, 0.5) is 20.6 Å². The molecule has 1 fully saturated rings. The number of carbonyl (C=O) groups is 1. The molecule has 1 aromatic carbocycles. The summed E-state index contributed by atoms with van der Waals surface area (Å²) < 4.78 is 18.8. The number of anilines is 2. The first kappa shape index (κ1) is 13.6. The average molecular weight is 266 g/mol. The lowest BCUT2D eigenvalue weighted by atomic mass is 10.1. The highest BCUT2D eigenvalue weighted by atomic mass is 19.1. The molecule has 0 bridgehead atoms. The molecule has 0 atom stereocenters. The van der Waals surface area contributed by atoms with E-state index in [0.29, 0.717) is 18.0 Å². The highest BCUT2D eigenvalue weighted by molar-refractivity contribution is 5.84. The Labute approximate surface area is 112 Å². The second kappa shape index (κ2) is 6.41. The molecular weight excluding hydrogens is 247 g/mol. The van der Waals surface area contributed by atoms with Gasteiger partial charge < -0.3 is 9.64 Å². The van der Waals surface area contributed by atoms with E-state index in [1.165, 1.54) is 12.5 Å². The van der Waals surface area contributed by atoms with Crippen LogP contribution in [0.5, 0.6) is 0 Å². The minimum Gasteiger partial charge on any atom is -0.450 e. The minimum atomic E-state index is -0.562. The second-order valence-corrected chi connectivity index (χ2v) is 4.56. The van der Waals surface area contributed by atoms with Crippen molar-refractivity contribution in [3.8, 4) is 0 Å². The van der Waals surface area contributed by atoms with Crippen molar-refractivity contribution in [1.29, 1.82) is 0 Å². The quantitative estimate of drug-likeness (QED) is 0.911. The van der Waals surface area contributed by atoms with E-state index in [4.69, 9.17) is 4.74 Å². The molecule has 4 nitrogen and oxygen atoms in total. The van der Waals surface area contributed by atoms with Crippen LogP contribution >= 0.6 is 0 Å². The molecule has 104 valence electrons. The molecule has 0 radical (unpaired) electrons. The Kier molecular flexibility index (Phi) is 4.60. The number of benzene rings is 1. The zero-order chi connectivity index (χ0) is 13.7. The fourth-order valence-corrected chi connectivity index (χ4v) is 2.26. The molecule has 0 spiro atoms. The Morgan fingerprint density at radius 1 is 1.37 bits per heavy atom. The van der Waals surface area contributed by atoms with Crippen molar-refractivity contribution >= 4 is 17.5 Å². The van der Waals surface area contributed by atoms with Crippen LogP contribution in [0.2, 0.25) is 0 Å². The topological polar surface area (TPSA) is 41.6 Å². The fraction of sp³-hybridized carbons (Fsp3) is 0.500. The Morgan fingerprint density at radius 3 is 2.74 bits per heavy atom. The number of amides is 1. The van der Waals surface area contributed by atoms with Gasteiger partial charge in [-0.2, -0.15) is 0 Å². The van der Waals surface area contributed by atoms with E-state index in [9.17, 15) is 9.18 Å². The number of nitrogens with one attached hydrogen (secondary N) is 1. The Hall–Kier alpha value is -1.78.